The van der Waals surface area contributed by atoms with Crippen molar-refractivity contribution in [3.8, 4) is 5.75 Å². The molecule has 1 spiro atoms. The van der Waals surface area contributed by atoms with E-state index in [2.05, 4.69) is 4.90 Å². The van der Waals surface area contributed by atoms with E-state index in [1.54, 1.807) is 19.2 Å². The van der Waals surface area contributed by atoms with Gasteiger partial charge in [-0.25, -0.2) is 4.39 Å². The van der Waals surface area contributed by atoms with E-state index in [1.807, 2.05) is 0 Å². The molecule has 1 aromatic carbocycles. The number of ether oxygens (including phenoxy) is 2. The number of rotatable bonds is 3. The molecule has 3 rings (SSSR count). The molecule has 1 aromatic rings. The monoisotopic (exact) mass is 371 g/mol. The van der Waals surface area contributed by atoms with Gasteiger partial charge in [0.05, 0.1) is 25.4 Å². The Morgan fingerprint density at radius 2 is 2.00 bits per heavy atom. The summed E-state index contributed by atoms with van der Waals surface area (Å²) in [4.78, 5) is 10.5. The molecule has 0 radical (unpaired) electrons. The summed E-state index contributed by atoms with van der Waals surface area (Å²) in [6, 6.07) is 4.78. The molecule has 0 aliphatic carbocycles. The quantitative estimate of drug-likeness (QED) is 0.682. The van der Waals surface area contributed by atoms with Crippen LogP contribution in [-0.4, -0.2) is 71.3 Å². The van der Waals surface area contributed by atoms with Crippen molar-refractivity contribution in [3.63, 3.8) is 0 Å². The number of piperidine rings is 1. The van der Waals surface area contributed by atoms with Crippen LogP contribution in [0.1, 0.15) is 24.8 Å². The number of benzene rings is 1. The summed E-state index contributed by atoms with van der Waals surface area (Å²) in [5.74, 6) is 0.432. The molecule has 2 saturated heterocycles. The fraction of sp³-hybridized carbons (Fsp3) is 0.611. The fourth-order valence-electron chi connectivity index (χ4n) is 3.46. The molecule has 0 amide bonds. The van der Waals surface area contributed by atoms with Crippen LogP contribution in [0.15, 0.2) is 18.2 Å². The molecule has 2 heterocycles. The first-order chi connectivity index (χ1) is 12.4. The van der Waals surface area contributed by atoms with Crippen LogP contribution in [0.2, 0.25) is 0 Å². The second-order valence-corrected chi connectivity index (χ2v) is 6.67. The van der Waals surface area contributed by atoms with Gasteiger partial charge >= 0.3 is 0 Å². The third-order valence-electron chi connectivity index (χ3n) is 5.00. The molecule has 2 atom stereocenters. The number of carbonyl (C=O) groups is 1. The molecule has 146 valence electrons. The van der Waals surface area contributed by atoms with Crippen LogP contribution < -0.4 is 4.74 Å². The Balaban J connectivity index is 0.000000758. The number of carboxylic acid groups (broad SMARTS) is 1. The Kier molecular flexibility index (Phi) is 7.33. The Labute approximate surface area is 152 Å². The smallest absolute Gasteiger partial charge is 0.290 e. The molecule has 8 heteroatoms. The van der Waals surface area contributed by atoms with Crippen LogP contribution in [0.4, 0.5) is 4.39 Å². The molecule has 2 fully saturated rings. The lowest BCUT2D eigenvalue weighted by molar-refractivity contribution is -0.188. The minimum atomic E-state index is -0.787. The third kappa shape index (κ3) is 5.14. The van der Waals surface area contributed by atoms with Crippen molar-refractivity contribution in [1.82, 2.24) is 4.90 Å². The number of methoxy groups -OCH3 is 1. The first-order valence-electron chi connectivity index (χ1n) is 8.56. The normalized spacial score (nSPS) is 25.2. The molecule has 2 aliphatic rings. The first kappa shape index (κ1) is 20.6. The number of nitrogens with zero attached hydrogens (tertiary/aromatic N) is 1. The second-order valence-electron chi connectivity index (χ2n) is 6.67. The van der Waals surface area contributed by atoms with Gasteiger partial charge in [-0.2, -0.15) is 0 Å². The number of hydrogen-bond donors (Lipinski definition) is 3. The molecule has 0 saturated carbocycles. The van der Waals surface area contributed by atoms with E-state index in [4.69, 9.17) is 19.4 Å². The zero-order valence-electron chi connectivity index (χ0n) is 14.8. The van der Waals surface area contributed by atoms with Gasteiger partial charge in [0.2, 0.25) is 0 Å². The van der Waals surface area contributed by atoms with Crippen LogP contribution >= 0.6 is 0 Å². The number of aliphatic hydroxyl groups is 2. The summed E-state index contributed by atoms with van der Waals surface area (Å²) in [7, 11) is 1.57. The number of hydrogen-bond acceptors (Lipinski definition) is 6. The van der Waals surface area contributed by atoms with Gasteiger partial charge in [0.1, 0.15) is 17.7 Å². The summed E-state index contributed by atoms with van der Waals surface area (Å²) in [6.45, 7) is 2.02. The third-order valence-corrected chi connectivity index (χ3v) is 5.00. The second kappa shape index (κ2) is 9.27. The highest BCUT2D eigenvalue weighted by Gasteiger charge is 2.42. The molecule has 0 bridgehead atoms. The predicted molar refractivity (Wildman–Crippen MR) is 91.5 cm³/mol. The first-order valence-corrected chi connectivity index (χ1v) is 8.56. The van der Waals surface area contributed by atoms with E-state index < -0.39 is 12.2 Å². The summed E-state index contributed by atoms with van der Waals surface area (Å²) in [5.41, 5.74) is 0.280. The molecule has 2 aliphatic heterocycles. The zero-order chi connectivity index (χ0) is 19.2. The van der Waals surface area contributed by atoms with Crippen molar-refractivity contribution in [2.45, 2.75) is 43.6 Å². The molecule has 3 N–H and O–H groups in total. The van der Waals surface area contributed by atoms with Gasteiger partial charge in [0.15, 0.2) is 0 Å². The summed E-state index contributed by atoms with van der Waals surface area (Å²) in [5, 5.41) is 26.4. The molecular weight excluding hydrogens is 345 g/mol. The molecule has 7 nitrogen and oxygen atoms in total. The van der Waals surface area contributed by atoms with Crippen molar-refractivity contribution in [3.05, 3.63) is 29.6 Å². The molecule has 26 heavy (non-hydrogen) atoms. The lowest BCUT2D eigenvalue weighted by Gasteiger charge is -2.46. The van der Waals surface area contributed by atoms with E-state index in [1.165, 1.54) is 6.07 Å². The van der Waals surface area contributed by atoms with Crippen molar-refractivity contribution < 1.29 is 34.0 Å². The van der Waals surface area contributed by atoms with Crippen molar-refractivity contribution >= 4 is 6.47 Å². The SMILES string of the molecule is COc1ccc(F)c(CN2CCC3(CC2)C[C@@H](O)[C@@H](O)CO3)c1.O=CO. The van der Waals surface area contributed by atoms with Crippen LogP contribution in [-0.2, 0) is 16.1 Å². The topological polar surface area (TPSA) is 99.5 Å². The fourth-order valence-corrected chi connectivity index (χ4v) is 3.46. The average Bonchev–Trinajstić information content (AvgIpc) is 2.63. The summed E-state index contributed by atoms with van der Waals surface area (Å²) < 4.78 is 24.9. The Morgan fingerprint density at radius 1 is 1.35 bits per heavy atom. The molecule has 0 aromatic heterocycles. The number of aliphatic hydroxyl groups excluding tert-OH is 2. The predicted octanol–water partition coefficient (Wildman–Crippen LogP) is 1.01. The number of likely N-dealkylation sites (tertiary alicyclic amines) is 1. The van der Waals surface area contributed by atoms with E-state index in [9.17, 15) is 14.6 Å². The minimum Gasteiger partial charge on any atom is -0.497 e. The van der Waals surface area contributed by atoms with Crippen molar-refractivity contribution in [2.24, 2.45) is 0 Å². The zero-order valence-corrected chi connectivity index (χ0v) is 14.8. The maximum atomic E-state index is 13.9. The Morgan fingerprint density at radius 3 is 2.58 bits per heavy atom. The summed E-state index contributed by atoms with van der Waals surface area (Å²) in [6.07, 6.45) is 0.524. The van der Waals surface area contributed by atoms with E-state index in [-0.39, 0.29) is 24.5 Å². The van der Waals surface area contributed by atoms with Crippen molar-refractivity contribution in [2.75, 3.05) is 26.8 Å². The Hall–Kier alpha value is -1.74. The van der Waals surface area contributed by atoms with Gasteiger partial charge in [-0.3, -0.25) is 9.69 Å². The maximum absolute atomic E-state index is 13.9. The van der Waals surface area contributed by atoms with Gasteiger partial charge in [-0.05, 0) is 31.0 Å². The Bertz CT molecular complexity index is 591. The van der Waals surface area contributed by atoms with E-state index in [0.29, 0.717) is 24.3 Å². The standard InChI is InChI=1S/C17H24FNO4.CH2O2/c1-22-13-2-3-14(18)12(8-13)10-19-6-4-17(5-7-19)9-15(20)16(21)11-23-17;2-1-3/h2-3,8,15-16,20-21H,4-7,9-11H2,1H3;1H,(H,2,3)/t15-,16+;/m1./s1. The highest BCUT2D eigenvalue weighted by molar-refractivity contribution is 5.32. The van der Waals surface area contributed by atoms with Crippen molar-refractivity contribution in [1.29, 1.82) is 0 Å². The van der Waals surface area contributed by atoms with Crippen LogP contribution in [0.5, 0.6) is 5.75 Å². The molecular formula is C18H26FNO6. The lowest BCUT2D eigenvalue weighted by atomic mass is 9.82. The minimum absolute atomic E-state index is 0.186. The van der Waals surface area contributed by atoms with Crippen LogP contribution in [0.25, 0.3) is 0 Å². The van der Waals surface area contributed by atoms with Gasteiger partial charge in [0, 0.05) is 31.6 Å². The largest absolute Gasteiger partial charge is 0.497 e. The summed E-state index contributed by atoms with van der Waals surface area (Å²) >= 11 is 0. The number of halogens is 1. The van der Waals surface area contributed by atoms with Gasteiger partial charge in [0.25, 0.3) is 6.47 Å². The van der Waals surface area contributed by atoms with E-state index in [0.717, 1.165) is 25.9 Å². The highest BCUT2D eigenvalue weighted by atomic mass is 19.1. The highest BCUT2D eigenvalue weighted by Crippen LogP contribution is 2.35. The van der Waals surface area contributed by atoms with Crippen LogP contribution in [0.3, 0.4) is 0 Å². The van der Waals surface area contributed by atoms with Crippen LogP contribution in [0, 0.1) is 5.82 Å². The van der Waals surface area contributed by atoms with Gasteiger partial charge in [-0.15, -0.1) is 0 Å². The van der Waals surface area contributed by atoms with Gasteiger partial charge < -0.3 is 24.8 Å². The molecule has 0 unspecified atom stereocenters. The average molecular weight is 371 g/mol. The van der Waals surface area contributed by atoms with Gasteiger partial charge in [-0.1, -0.05) is 0 Å². The lowest BCUT2D eigenvalue weighted by Crippen LogP contribution is -2.54. The van der Waals surface area contributed by atoms with E-state index >= 15 is 0 Å². The maximum Gasteiger partial charge on any atom is 0.290 e.